The fourth-order valence-electron chi connectivity index (χ4n) is 2.27. The van der Waals surface area contributed by atoms with Crippen molar-refractivity contribution in [3.8, 4) is 0 Å². The smallest absolute Gasteiger partial charge is 0.138 e. The molecule has 1 saturated heterocycles. The number of ketones is 1. The van der Waals surface area contributed by atoms with Crippen molar-refractivity contribution in [3.63, 3.8) is 0 Å². The Balaban J connectivity index is 1.89. The number of epoxide rings is 1. The molecule has 2 fully saturated rings. The molecule has 13 heavy (non-hydrogen) atoms. The summed E-state index contributed by atoms with van der Waals surface area (Å²) in [5, 5.41) is 0. The highest BCUT2D eigenvalue weighted by Gasteiger charge is 2.45. The number of ether oxygens (including phenoxy) is 1. The number of carbonyl (C=O) groups excluding carboxylic acids is 1. The van der Waals surface area contributed by atoms with Crippen LogP contribution >= 0.6 is 0 Å². The molecule has 0 aromatic rings. The lowest BCUT2D eigenvalue weighted by Gasteiger charge is -2.20. The largest absolute Gasteiger partial charge is 0.370 e. The highest BCUT2D eigenvalue weighted by Crippen LogP contribution is 2.40. The van der Waals surface area contributed by atoms with Gasteiger partial charge in [-0.05, 0) is 25.7 Å². The zero-order valence-corrected chi connectivity index (χ0v) is 8.45. The Morgan fingerprint density at radius 2 is 2.23 bits per heavy atom. The molecule has 74 valence electrons. The second-order valence-corrected chi connectivity index (χ2v) is 4.43. The molecule has 1 aliphatic heterocycles. The fourth-order valence-corrected chi connectivity index (χ4v) is 2.27. The van der Waals surface area contributed by atoms with Gasteiger partial charge in [0.2, 0.25) is 0 Å². The maximum absolute atomic E-state index is 11.8. The van der Waals surface area contributed by atoms with E-state index in [4.69, 9.17) is 4.74 Å². The summed E-state index contributed by atoms with van der Waals surface area (Å²) in [7, 11) is 0. The number of fused-ring (bicyclic) bond motifs is 1. The van der Waals surface area contributed by atoms with Gasteiger partial charge in [0.1, 0.15) is 5.78 Å². The SMILES string of the molecule is CC[C@@H](C)C(=O)C1CCC2OC2C1. The third-order valence-electron chi connectivity index (χ3n) is 3.50. The molecule has 0 aromatic heterocycles. The number of hydrogen-bond acceptors (Lipinski definition) is 2. The zero-order valence-electron chi connectivity index (χ0n) is 8.45. The number of hydrogen-bond donors (Lipinski definition) is 0. The maximum atomic E-state index is 11.8. The van der Waals surface area contributed by atoms with Crippen LogP contribution in [0.25, 0.3) is 0 Å². The standard InChI is InChI=1S/C11H18O2/c1-3-7(2)11(12)8-4-5-9-10(6-8)13-9/h7-10H,3-6H2,1-2H3/t7-,8?,9?,10?/m1/s1. The highest BCUT2D eigenvalue weighted by atomic mass is 16.6. The minimum Gasteiger partial charge on any atom is -0.370 e. The topological polar surface area (TPSA) is 29.6 Å². The van der Waals surface area contributed by atoms with Crippen molar-refractivity contribution < 1.29 is 9.53 Å². The summed E-state index contributed by atoms with van der Waals surface area (Å²) < 4.78 is 5.42. The molecule has 1 saturated carbocycles. The predicted molar refractivity (Wildman–Crippen MR) is 50.5 cm³/mol. The van der Waals surface area contributed by atoms with Gasteiger partial charge in [0.05, 0.1) is 12.2 Å². The van der Waals surface area contributed by atoms with Crippen LogP contribution in [-0.4, -0.2) is 18.0 Å². The minimum atomic E-state index is 0.250. The van der Waals surface area contributed by atoms with Gasteiger partial charge < -0.3 is 4.74 Å². The molecule has 4 atom stereocenters. The minimum absolute atomic E-state index is 0.250. The Morgan fingerprint density at radius 1 is 1.46 bits per heavy atom. The molecule has 0 amide bonds. The third-order valence-corrected chi connectivity index (χ3v) is 3.50. The van der Waals surface area contributed by atoms with Crippen LogP contribution in [-0.2, 0) is 9.53 Å². The Morgan fingerprint density at radius 3 is 2.85 bits per heavy atom. The van der Waals surface area contributed by atoms with E-state index < -0.39 is 0 Å². The monoisotopic (exact) mass is 182 g/mol. The average molecular weight is 182 g/mol. The number of rotatable bonds is 3. The molecule has 0 aromatic carbocycles. The van der Waals surface area contributed by atoms with Gasteiger partial charge in [-0.25, -0.2) is 0 Å². The molecular formula is C11H18O2. The molecule has 2 heteroatoms. The molecule has 1 aliphatic carbocycles. The van der Waals surface area contributed by atoms with Gasteiger partial charge in [-0.15, -0.1) is 0 Å². The highest BCUT2D eigenvalue weighted by molar-refractivity contribution is 5.83. The Labute approximate surface area is 79.7 Å². The molecule has 2 aliphatic rings. The van der Waals surface area contributed by atoms with E-state index in [1.807, 2.05) is 6.92 Å². The summed E-state index contributed by atoms with van der Waals surface area (Å²) in [4.78, 5) is 11.8. The van der Waals surface area contributed by atoms with E-state index in [-0.39, 0.29) is 5.92 Å². The van der Waals surface area contributed by atoms with Crippen LogP contribution in [0.3, 0.4) is 0 Å². The van der Waals surface area contributed by atoms with E-state index >= 15 is 0 Å². The van der Waals surface area contributed by atoms with E-state index in [1.165, 1.54) is 0 Å². The van der Waals surface area contributed by atoms with Crippen molar-refractivity contribution in [3.05, 3.63) is 0 Å². The lowest BCUT2D eigenvalue weighted by molar-refractivity contribution is -0.127. The van der Waals surface area contributed by atoms with Crippen molar-refractivity contribution in [2.75, 3.05) is 0 Å². The average Bonchev–Trinajstić information content (AvgIpc) is 2.92. The molecule has 0 bridgehead atoms. The zero-order chi connectivity index (χ0) is 9.42. The molecule has 0 radical (unpaired) electrons. The van der Waals surface area contributed by atoms with E-state index in [2.05, 4.69) is 6.92 Å². The van der Waals surface area contributed by atoms with Crippen LogP contribution < -0.4 is 0 Å². The maximum Gasteiger partial charge on any atom is 0.138 e. The first-order valence-corrected chi connectivity index (χ1v) is 5.41. The Hall–Kier alpha value is -0.370. The summed E-state index contributed by atoms with van der Waals surface area (Å²) in [5.41, 5.74) is 0. The second kappa shape index (κ2) is 3.41. The van der Waals surface area contributed by atoms with Gasteiger partial charge >= 0.3 is 0 Å². The summed E-state index contributed by atoms with van der Waals surface area (Å²) in [6, 6.07) is 0. The first-order chi connectivity index (χ1) is 6.22. The molecule has 2 rings (SSSR count). The van der Waals surface area contributed by atoms with Crippen LogP contribution in [0.1, 0.15) is 39.5 Å². The number of carbonyl (C=O) groups is 1. The van der Waals surface area contributed by atoms with Crippen LogP contribution in [0.5, 0.6) is 0 Å². The Bertz CT molecular complexity index is 212. The number of Topliss-reactive ketones (excluding diaryl/α,β-unsaturated/α-hetero) is 1. The van der Waals surface area contributed by atoms with Crippen LogP contribution in [0.4, 0.5) is 0 Å². The van der Waals surface area contributed by atoms with Crippen molar-refractivity contribution in [1.82, 2.24) is 0 Å². The van der Waals surface area contributed by atoms with Gasteiger partial charge in [0.25, 0.3) is 0 Å². The van der Waals surface area contributed by atoms with E-state index in [0.717, 1.165) is 25.7 Å². The third kappa shape index (κ3) is 1.78. The first-order valence-electron chi connectivity index (χ1n) is 5.41. The normalized spacial score (nSPS) is 39.4. The lowest BCUT2D eigenvalue weighted by Crippen LogP contribution is -2.26. The molecular weight excluding hydrogens is 164 g/mol. The van der Waals surface area contributed by atoms with E-state index in [1.54, 1.807) is 0 Å². The van der Waals surface area contributed by atoms with Gasteiger partial charge in [-0.2, -0.15) is 0 Å². The second-order valence-electron chi connectivity index (χ2n) is 4.43. The van der Waals surface area contributed by atoms with Gasteiger partial charge in [-0.3, -0.25) is 4.79 Å². The van der Waals surface area contributed by atoms with E-state index in [0.29, 0.717) is 23.9 Å². The van der Waals surface area contributed by atoms with E-state index in [9.17, 15) is 4.79 Å². The van der Waals surface area contributed by atoms with Crippen LogP contribution in [0, 0.1) is 11.8 Å². The summed E-state index contributed by atoms with van der Waals surface area (Å²) in [6.07, 6.45) is 5.09. The quantitative estimate of drug-likeness (QED) is 0.626. The van der Waals surface area contributed by atoms with Crippen molar-refractivity contribution in [1.29, 1.82) is 0 Å². The van der Waals surface area contributed by atoms with Crippen molar-refractivity contribution in [2.24, 2.45) is 11.8 Å². The van der Waals surface area contributed by atoms with Gasteiger partial charge in [0.15, 0.2) is 0 Å². The lowest BCUT2D eigenvalue weighted by atomic mass is 9.81. The first kappa shape index (κ1) is 9.20. The summed E-state index contributed by atoms with van der Waals surface area (Å²) in [5.74, 6) is 1.02. The summed E-state index contributed by atoms with van der Waals surface area (Å²) in [6.45, 7) is 4.13. The molecule has 2 nitrogen and oxygen atoms in total. The molecule has 0 spiro atoms. The Kier molecular flexibility index (Phi) is 2.41. The molecule has 0 N–H and O–H groups in total. The van der Waals surface area contributed by atoms with Crippen molar-refractivity contribution in [2.45, 2.75) is 51.7 Å². The molecule has 3 unspecified atom stereocenters. The molecule has 1 heterocycles. The van der Waals surface area contributed by atoms with Crippen molar-refractivity contribution >= 4 is 5.78 Å². The summed E-state index contributed by atoms with van der Waals surface area (Å²) >= 11 is 0. The predicted octanol–water partition coefficient (Wildman–Crippen LogP) is 2.17. The van der Waals surface area contributed by atoms with Crippen LogP contribution in [0.2, 0.25) is 0 Å². The van der Waals surface area contributed by atoms with Gasteiger partial charge in [0, 0.05) is 11.8 Å². The fraction of sp³-hybridized carbons (Fsp3) is 0.909. The van der Waals surface area contributed by atoms with Gasteiger partial charge in [-0.1, -0.05) is 13.8 Å². The van der Waals surface area contributed by atoms with Crippen LogP contribution in [0.15, 0.2) is 0 Å².